The molecule has 1 aromatic carbocycles. The number of aromatic nitrogens is 1. The second-order valence-corrected chi connectivity index (χ2v) is 6.09. The third-order valence-corrected chi connectivity index (χ3v) is 4.41. The lowest BCUT2D eigenvalue weighted by Crippen LogP contribution is -2.29. The van der Waals surface area contributed by atoms with Crippen molar-refractivity contribution in [3.63, 3.8) is 0 Å². The van der Waals surface area contributed by atoms with Crippen molar-refractivity contribution in [2.75, 3.05) is 0 Å². The number of halogens is 3. The van der Waals surface area contributed by atoms with E-state index in [-0.39, 0.29) is 6.04 Å². The number of nitrogens with zero attached hydrogens (tertiary/aromatic N) is 1. The zero-order chi connectivity index (χ0) is 15.8. The maximum absolute atomic E-state index is 12.7. The summed E-state index contributed by atoms with van der Waals surface area (Å²) in [5, 5.41) is 0.896. The molecule has 21 heavy (non-hydrogen) atoms. The first-order valence-corrected chi connectivity index (χ1v) is 7.13. The monoisotopic (exact) mass is 315 g/mol. The van der Waals surface area contributed by atoms with E-state index in [4.69, 9.17) is 5.84 Å². The Balaban J connectivity index is 2.46. The van der Waals surface area contributed by atoms with Gasteiger partial charge in [0.2, 0.25) is 0 Å². The Bertz CT molecular complexity index is 649. The van der Waals surface area contributed by atoms with Crippen LogP contribution in [0.25, 0.3) is 0 Å². The Morgan fingerprint density at radius 1 is 1.24 bits per heavy atom. The van der Waals surface area contributed by atoms with E-state index < -0.39 is 11.7 Å². The average Bonchev–Trinajstić information content (AvgIpc) is 2.70. The molecular formula is C14H16F3N3S. The first-order chi connectivity index (χ1) is 9.74. The number of aryl methyl sites for hydroxylation is 3. The van der Waals surface area contributed by atoms with E-state index in [0.29, 0.717) is 5.56 Å². The van der Waals surface area contributed by atoms with E-state index in [1.54, 1.807) is 6.92 Å². The number of nitrogens with one attached hydrogen (secondary N) is 1. The van der Waals surface area contributed by atoms with Crippen molar-refractivity contribution in [1.29, 1.82) is 0 Å². The third-order valence-electron chi connectivity index (χ3n) is 3.28. The molecule has 0 saturated heterocycles. The first kappa shape index (κ1) is 15.9. The minimum Gasteiger partial charge on any atom is -0.271 e. The lowest BCUT2D eigenvalue weighted by Gasteiger charge is -2.19. The van der Waals surface area contributed by atoms with Gasteiger partial charge in [-0.3, -0.25) is 5.84 Å². The fourth-order valence-electron chi connectivity index (χ4n) is 2.30. The first-order valence-electron chi connectivity index (χ1n) is 6.32. The highest BCUT2D eigenvalue weighted by Crippen LogP contribution is 2.35. The minimum absolute atomic E-state index is 0.363. The SMILES string of the molecule is Cc1nc(C)c(C(NN)c2ccc(C(F)(F)F)cc2C)s1. The van der Waals surface area contributed by atoms with Gasteiger partial charge in [-0.2, -0.15) is 13.2 Å². The summed E-state index contributed by atoms with van der Waals surface area (Å²) in [7, 11) is 0. The van der Waals surface area contributed by atoms with Gasteiger partial charge in [-0.1, -0.05) is 6.07 Å². The maximum atomic E-state index is 12.7. The van der Waals surface area contributed by atoms with Gasteiger partial charge in [0.15, 0.2) is 0 Å². The summed E-state index contributed by atoms with van der Waals surface area (Å²) in [5.74, 6) is 5.61. The highest BCUT2D eigenvalue weighted by atomic mass is 32.1. The molecule has 1 unspecified atom stereocenters. The molecule has 1 atom stereocenters. The van der Waals surface area contributed by atoms with Gasteiger partial charge in [-0.15, -0.1) is 11.3 Å². The molecule has 0 aliphatic heterocycles. The fraction of sp³-hybridized carbons (Fsp3) is 0.357. The predicted molar refractivity (Wildman–Crippen MR) is 76.9 cm³/mol. The Labute approximate surface area is 125 Å². The summed E-state index contributed by atoms with van der Waals surface area (Å²) in [6.07, 6.45) is -4.34. The number of hydrogen-bond donors (Lipinski definition) is 2. The fourth-order valence-corrected chi connectivity index (χ4v) is 3.30. The molecule has 0 aliphatic carbocycles. The molecule has 0 aliphatic rings. The van der Waals surface area contributed by atoms with Crippen LogP contribution in [0.5, 0.6) is 0 Å². The topological polar surface area (TPSA) is 50.9 Å². The van der Waals surface area contributed by atoms with Crippen LogP contribution < -0.4 is 11.3 Å². The van der Waals surface area contributed by atoms with Gasteiger partial charge in [-0.25, -0.2) is 10.4 Å². The number of hydrazine groups is 1. The van der Waals surface area contributed by atoms with Crippen molar-refractivity contribution in [2.24, 2.45) is 5.84 Å². The van der Waals surface area contributed by atoms with E-state index >= 15 is 0 Å². The molecule has 0 bridgehead atoms. The van der Waals surface area contributed by atoms with Crippen LogP contribution in [0.1, 0.15) is 38.3 Å². The molecule has 2 rings (SSSR count). The van der Waals surface area contributed by atoms with Gasteiger partial charge in [-0.05, 0) is 44.0 Å². The molecule has 3 N–H and O–H groups in total. The molecule has 2 aromatic rings. The smallest absolute Gasteiger partial charge is 0.271 e. The van der Waals surface area contributed by atoms with Crippen molar-refractivity contribution in [3.05, 3.63) is 50.5 Å². The van der Waals surface area contributed by atoms with Gasteiger partial charge in [0.25, 0.3) is 0 Å². The Hall–Kier alpha value is -1.44. The minimum atomic E-state index is -4.34. The number of nitrogens with two attached hydrogens (primary N) is 1. The molecule has 0 amide bonds. The van der Waals surface area contributed by atoms with Crippen molar-refractivity contribution in [1.82, 2.24) is 10.4 Å². The van der Waals surface area contributed by atoms with Crippen LogP contribution in [0, 0.1) is 20.8 Å². The Morgan fingerprint density at radius 2 is 1.90 bits per heavy atom. The molecule has 0 fully saturated rings. The van der Waals surface area contributed by atoms with Gasteiger partial charge < -0.3 is 0 Å². The molecule has 0 saturated carbocycles. The molecule has 0 radical (unpaired) electrons. The van der Waals surface area contributed by atoms with E-state index in [9.17, 15) is 13.2 Å². The summed E-state index contributed by atoms with van der Waals surface area (Å²) in [6.45, 7) is 5.40. The van der Waals surface area contributed by atoms with Gasteiger partial charge in [0.05, 0.1) is 27.2 Å². The lowest BCUT2D eigenvalue weighted by molar-refractivity contribution is -0.137. The zero-order valence-corrected chi connectivity index (χ0v) is 12.7. The summed E-state index contributed by atoms with van der Waals surface area (Å²) in [4.78, 5) is 5.25. The van der Waals surface area contributed by atoms with E-state index in [1.807, 2.05) is 13.8 Å². The molecule has 1 aromatic heterocycles. The van der Waals surface area contributed by atoms with Gasteiger partial charge >= 0.3 is 6.18 Å². The van der Waals surface area contributed by atoms with E-state index in [0.717, 1.165) is 33.3 Å². The van der Waals surface area contributed by atoms with Crippen molar-refractivity contribution >= 4 is 11.3 Å². The molecule has 114 valence electrons. The average molecular weight is 315 g/mol. The Kier molecular flexibility index (Phi) is 4.36. The van der Waals surface area contributed by atoms with Crippen LogP contribution in [-0.2, 0) is 6.18 Å². The second kappa shape index (κ2) is 5.75. The molecule has 1 heterocycles. The van der Waals surface area contributed by atoms with E-state index in [1.165, 1.54) is 17.4 Å². The predicted octanol–water partition coefficient (Wildman–Crippen LogP) is 3.64. The van der Waals surface area contributed by atoms with Crippen LogP contribution in [0.2, 0.25) is 0 Å². The molecule has 3 nitrogen and oxygen atoms in total. The van der Waals surface area contributed by atoms with Crippen LogP contribution in [0.4, 0.5) is 13.2 Å². The second-order valence-electron chi connectivity index (χ2n) is 4.85. The quantitative estimate of drug-likeness (QED) is 0.671. The summed E-state index contributed by atoms with van der Waals surface area (Å²) in [6, 6.07) is 3.33. The van der Waals surface area contributed by atoms with Crippen molar-refractivity contribution < 1.29 is 13.2 Å². The van der Waals surface area contributed by atoms with Crippen molar-refractivity contribution in [2.45, 2.75) is 33.0 Å². The number of benzene rings is 1. The summed E-state index contributed by atoms with van der Waals surface area (Å²) in [5.41, 5.74) is 4.11. The van der Waals surface area contributed by atoms with Crippen LogP contribution in [0.3, 0.4) is 0 Å². The highest BCUT2D eigenvalue weighted by Gasteiger charge is 2.31. The zero-order valence-electron chi connectivity index (χ0n) is 11.9. The molecule has 0 spiro atoms. The van der Waals surface area contributed by atoms with Gasteiger partial charge in [0.1, 0.15) is 0 Å². The number of thiazole rings is 1. The van der Waals surface area contributed by atoms with Crippen LogP contribution in [-0.4, -0.2) is 4.98 Å². The normalized spacial score (nSPS) is 13.5. The Morgan fingerprint density at radius 3 is 2.33 bits per heavy atom. The summed E-state index contributed by atoms with van der Waals surface area (Å²) >= 11 is 1.48. The molecular weight excluding hydrogens is 299 g/mol. The van der Waals surface area contributed by atoms with Crippen molar-refractivity contribution in [3.8, 4) is 0 Å². The number of hydrogen-bond acceptors (Lipinski definition) is 4. The highest BCUT2D eigenvalue weighted by molar-refractivity contribution is 7.11. The maximum Gasteiger partial charge on any atom is 0.416 e. The number of rotatable bonds is 3. The van der Waals surface area contributed by atoms with Gasteiger partial charge in [0, 0.05) is 0 Å². The van der Waals surface area contributed by atoms with E-state index in [2.05, 4.69) is 10.4 Å². The lowest BCUT2D eigenvalue weighted by atomic mass is 9.97. The van der Waals surface area contributed by atoms with Crippen LogP contribution in [0.15, 0.2) is 18.2 Å². The van der Waals surface area contributed by atoms with Crippen LogP contribution >= 0.6 is 11.3 Å². The standard InChI is InChI=1S/C14H16F3N3S/c1-7-6-10(14(15,16)17)4-5-11(7)12(20-18)13-8(2)19-9(3)21-13/h4-6,12,20H,18H2,1-3H3. The summed E-state index contributed by atoms with van der Waals surface area (Å²) < 4.78 is 38.2. The molecule has 7 heteroatoms. The largest absolute Gasteiger partial charge is 0.416 e. The number of alkyl halides is 3. The third kappa shape index (κ3) is 3.25.